The normalized spacial score (nSPS) is 13.8. The third kappa shape index (κ3) is 3.17. The molecule has 0 aromatic carbocycles. The highest BCUT2D eigenvalue weighted by Gasteiger charge is 2.25. The van der Waals surface area contributed by atoms with Crippen molar-refractivity contribution in [3.05, 3.63) is 31.4 Å². The molecule has 0 aliphatic carbocycles. The van der Waals surface area contributed by atoms with Crippen LogP contribution in [0.1, 0.15) is 42.3 Å². The van der Waals surface area contributed by atoms with Crippen LogP contribution in [-0.2, 0) is 11.8 Å². The Morgan fingerprint density at radius 3 is 2.67 bits per heavy atom. The molecule has 18 heavy (non-hydrogen) atoms. The van der Waals surface area contributed by atoms with Gasteiger partial charge in [0, 0.05) is 22.8 Å². The van der Waals surface area contributed by atoms with Crippen molar-refractivity contribution >= 4 is 38.8 Å². The summed E-state index contributed by atoms with van der Waals surface area (Å²) < 4.78 is 5.20. The number of hydrogen-bond acceptors (Lipinski definition) is 5. The minimum Gasteiger partial charge on any atom is -0.323 e. The highest BCUT2D eigenvalue weighted by atomic mass is 79.9. The van der Waals surface area contributed by atoms with Crippen LogP contribution < -0.4 is 5.73 Å². The highest BCUT2D eigenvalue weighted by Crippen LogP contribution is 2.32. The third-order valence-electron chi connectivity index (χ3n) is 2.61. The lowest BCUT2D eigenvalue weighted by Crippen LogP contribution is -2.20. The van der Waals surface area contributed by atoms with Crippen LogP contribution in [0.4, 0.5) is 0 Å². The summed E-state index contributed by atoms with van der Waals surface area (Å²) in [4.78, 5) is 2.38. The van der Waals surface area contributed by atoms with E-state index in [2.05, 4.69) is 58.4 Å². The quantitative estimate of drug-likeness (QED) is 0.917. The van der Waals surface area contributed by atoms with Gasteiger partial charge in [0.05, 0.1) is 14.4 Å². The zero-order chi connectivity index (χ0) is 13.3. The second-order valence-electron chi connectivity index (χ2n) is 5.25. The average molecular weight is 346 g/mol. The summed E-state index contributed by atoms with van der Waals surface area (Å²) in [5.74, 6) is 0. The fourth-order valence-corrected chi connectivity index (χ4v) is 4.14. The SMILES string of the molecule is CC(C)(C)c1nnsc1C(N)Cc1ccc(Br)s1. The molecule has 0 saturated carbocycles. The molecule has 0 bridgehead atoms. The summed E-state index contributed by atoms with van der Waals surface area (Å²) >= 11 is 6.62. The van der Waals surface area contributed by atoms with Gasteiger partial charge in [-0.05, 0) is 39.6 Å². The van der Waals surface area contributed by atoms with Gasteiger partial charge in [-0.2, -0.15) is 0 Å². The zero-order valence-corrected chi connectivity index (χ0v) is 13.8. The number of rotatable bonds is 3. The topological polar surface area (TPSA) is 51.8 Å². The van der Waals surface area contributed by atoms with E-state index in [0.29, 0.717) is 0 Å². The minimum atomic E-state index is -0.0234. The second kappa shape index (κ2) is 5.36. The zero-order valence-electron chi connectivity index (χ0n) is 10.6. The molecule has 1 unspecified atom stereocenters. The van der Waals surface area contributed by atoms with Crippen LogP contribution in [0.15, 0.2) is 15.9 Å². The van der Waals surface area contributed by atoms with Gasteiger partial charge in [0.1, 0.15) is 0 Å². The number of thiophene rings is 1. The maximum Gasteiger partial charge on any atom is 0.0857 e. The van der Waals surface area contributed by atoms with E-state index in [1.165, 1.54) is 16.4 Å². The Labute approximate surface area is 124 Å². The van der Waals surface area contributed by atoms with Gasteiger partial charge < -0.3 is 5.73 Å². The van der Waals surface area contributed by atoms with Crippen LogP contribution in [0.25, 0.3) is 0 Å². The fourth-order valence-electron chi connectivity index (χ4n) is 1.73. The van der Waals surface area contributed by atoms with E-state index in [0.717, 1.165) is 20.8 Å². The summed E-state index contributed by atoms with van der Waals surface area (Å²) in [6.45, 7) is 6.42. The molecule has 6 heteroatoms. The molecule has 2 aromatic heterocycles. The van der Waals surface area contributed by atoms with Crippen molar-refractivity contribution in [3.63, 3.8) is 0 Å². The van der Waals surface area contributed by atoms with Crippen LogP contribution in [0.5, 0.6) is 0 Å². The lowest BCUT2D eigenvalue weighted by Gasteiger charge is -2.19. The lowest BCUT2D eigenvalue weighted by atomic mass is 9.89. The maximum atomic E-state index is 6.30. The number of halogens is 1. The summed E-state index contributed by atoms with van der Waals surface area (Å²) in [6, 6.07) is 4.15. The molecule has 0 spiro atoms. The number of nitrogens with two attached hydrogens (primary N) is 1. The average Bonchev–Trinajstić information content (AvgIpc) is 2.85. The molecule has 2 N–H and O–H groups in total. The van der Waals surface area contributed by atoms with E-state index in [-0.39, 0.29) is 11.5 Å². The van der Waals surface area contributed by atoms with Gasteiger partial charge in [0.25, 0.3) is 0 Å². The van der Waals surface area contributed by atoms with Crippen molar-refractivity contribution in [2.24, 2.45) is 5.73 Å². The van der Waals surface area contributed by atoms with Gasteiger partial charge in [-0.3, -0.25) is 0 Å². The Hall–Kier alpha value is -0.300. The molecule has 2 heterocycles. The monoisotopic (exact) mass is 345 g/mol. The fraction of sp³-hybridized carbons (Fsp3) is 0.500. The molecule has 0 aliphatic rings. The molecule has 0 amide bonds. The molecule has 0 radical (unpaired) electrons. The summed E-state index contributed by atoms with van der Waals surface area (Å²) in [5.41, 5.74) is 7.32. The van der Waals surface area contributed by atoms with Gasteiger partial charge in [0.2, 0.25) is 0 Å². The highest BCUT2D eigenvalue weighted by molar-refractivity contribution is 9.11. The molecule has 1 atom stereocenters. The largest absolute Gasteiger partial charge is 0.323 e. The Morgan fingerprint density at radius 1 is 1.39 bits per heavy atom. The Balaban J connectivity index is 2.19. The second-order valence-corrected chi connectivity index (χ2v) is 8.59. The maximum absolute atomic E-state index is 6.30. The van der Waals surface area contributed by atoms with Crippen LogP contribution in [0.3, 0.4) is 0 Å². The van der Waals surface area contributed by atoms with E-state index in [9.17, 15) is 0 Å². The van der Waals surface area contributed by atoms with Gasteiger partial charge in [-0.25, -0.2) is 0 Å². The van der Waals surface area contributed by atoms with Crippen molar-refractivity contribution in [1.29, 1.82) is 0 Å². The van der Waals surface area contributed by atoms with Crippen LogP contribution in [0.2, 0.25) is 0 Å². The van der Waals surface area contributed by atoms with Crippen molar-refractivity contribution in [2.45, 2.75) is 38.6 Å². The first-order valence-electron chi connectivity index (χ1n) is 5.70. The molecule has 2 rings (SSSR count). The van der Waals surface area contributed by atoms with E-state index in [1.54, 1.807) is 11.3 Å². The van der Waals surface area contributed by atoms with E-state index in [4.69, 9.17) is 5.73 Å². The van der Waals surface area contributed by atoms with Crippen LogP contribution in [-0.4, -0.2) is 9.59 Å². The van der Waals surface area contributed by atoms with Gasteiger partial charge in [-0.1, -0.05) is 25.3 Å². The first-order valence-corrected chi connectivity index (χ1v) is 8.08. The van der Waals surface area contributed by atoms with Crippen LogP contribution in [0, 0.1) is 0 Å². The predicted octanol–water partition coefficient (Wildman–Crippen LogP) is 3.90. The van der Waals surface area contributed by atoms with E-state index >= 15 is 0 Å². The van der Waals surface area contributed by atoms with E-state index < -0.39 is 0 Å². The summed E-state index contributed by atoms with van der Waals surface area (Å²) in [5, 5.41) is 4.24. The first-order chi connectivity index (χ1) is 8.38. The predicted molar refractivity (Wildman–Crippen MR) is 81.3 cm³/mol. The Kier molecular flexibility index (Phi) is 4.21. The Morgan fingerprint density at radius 2 is 2.11 bits per heavy atom. The molecule has 2 aromatic rings. The van der Waals surface area contributed by atoms with E-state index in [1.807, 2.05) is 0 Å². The number of nitrogens with zero attached hydrogens (tertiary/aromatic N) is 2. The van der Waals surface area contributed by atoms with Gasteiger partial charge in [0.15, 0.2) is 0 Å². The van der Waals surface area contributed by atoms with Crippen molar-refractivity contribution in [2.75, 3.05) is 0 Å². The smallest absolute Gasteiger partial charge is 0.0857 e. The van der Waals surface area contributed by atoms with Crippen molar-refractivity contribution < 1.29 is 0 Å². The van der Waals surface area contributed by atoms with Crippen molar-refractivity contribution in [1.82, 2.24) is 9.59 Å². The third-order valence-corrected chi connectivity index (χ3v) is 5.11. The molecule has 0 aliphatic heterocycles. The molecular formula is C12H16BrN3S2. The number of aromatic nitrogens is 2. The molecule has 0 saturated heterocycles. The molecule has 3 nitrogen and oxygen atoms in total. The minimum absolute atomic E-state index is 0.00398. The Bertz CT molecular complexity index is 527. The van der Waals surface area contributed by atoms with Gasteiger partial charge >= 0.3 is 0 Å². The lowest BCUT2D eigenvalue weighted by molar-refractivity contribution is 0.550. The molecule has 98 valence electrons. The summed E-state index contributed by atoms with van der Waals surface area (Å²) in [7, 11) is 0. The first kappa shape index (κ1) is 14.1. The molecular weight excluding hydrogens is 330 g/mol. The van der Waals surface area contributed by atoms with Gasteiger partial charge in [-0.15, -0.1) is 16.4 Å². The summed E-state index contributed by atoms with van der Waals surface area (Å²) in [6.07, 6.45) is 0.837. The molecule has 0 fully saturated rings. The van der Waals surface area contributed by atoms with Crippen LogP contribution >= 0.6 is 38.8 Å². The number of hydrogen-bond donors (Lipinski definition) is 1. The van der Waals surface area contributed by atoms with Crippen molar-refractivity contribution in [3.8, 4) is 0 Å². The standard InChI is InChI=1S/C12H16BrN3S2/c1-12(2,3)11-10(18-16-15-11)8(14)6-7-4-5-9(13)17-7/h4-5,8H,6,14H2,1-3H3.